The van der Waals surface area contributed by atoms with Gasteiger partial charge in [-0.15, -0.1) is 0 Å². The number of morpholine rings is 1. The monoisotopic (exact) mass is 294 g/mol. The van der Waals surface area contributed by atoms with E-state index < -0.39 is 0 Å². The third-order valence-corrected chi connectivity index (χ3v) is 3.77. The molecule has 22 heavy (non-hydrogen) atoms. The van der Waals surface area contributed by atoms with Crippen molar-refractivity contribution in [3.05, 3.63) is 71.8 Å². The van der Waals surface area contributed by atoms with Crippen LogP contribution in [-0.4, -0.2) is 37.0 Å². The first kappa shape index (κ1) is 14.8. The van der Waals surface area contributed by atoms with E-state index >= 15 is 0 Å². The van der Waals surface area contributed by atoms with Gasteiger partial charge in [-0.1, -0.05) is 60.7 Å². The Morgan fingerprint density at radius 3 is 1.82 bits per heavy atom. The first-order chi connectivity index (χ1) is 10.9. The van der Waals surface area contributed by atoms with Gasteiger partial charge in [0.1, 0.15) is 0 Å². The molecule has 1 fully saturated rings. The van der Waals surface area contributed by atoms with E-state index in [1.54, 1.807) is 0 Å². The third kappa shape index (κ3) is 4.43. The molecule has 3 rings (SSSR count). The van der Waals surface area contributed by atoms with E-state index in [0.29, 0.717) is 0 Å². The van der Waals surface area contributed by atoms with E-state index in [1.165, 1.54) is 16.8 Å². The van der Waals surface area contributed by atoms with Crippen LogP contribution in [0.5, 0.6) is 0 Å². The van der Waals surface area contributed by atoms with Crippen LogP contribution in [0.3, 0.4) is 0 Å². The van der Waals surface area contributed by atoms with Gasteiger partial charge in [0.2, 0.25) is 0 Å². The topological polar surface area (TPSA) is 24.8 Å². The van der Waals surface area contributed by atoms with E-state index in [-0.39, 0.29) is 0 Å². The van der Waals surface area contributed by atoms with Crippen LogP contribution >= 0.6 is 0 Å². The highest BCUT2D eigenvalue weighted by Gasteiger charge is 2.10. The van der Waals surface area contributed by atoms with Crippen molar-refractivity contribution in [2.24, 2.45) is 5.10 Å². The molecule has 0 amide bonds. The molecule has 2 aromatic carbocycles. The number of ether oxygens (including phenoxy) is 1. The lowest BCUT2D eigenvalue weighted by atomic mass is 10.0. The molecule has 0 spiro atoms. The van der Waals surface area contributed by atoms with Crippen LogP contribution in [0.25, 0.3) is 0 Å². The number of rotatable bonds is 5. The van der Waals surface area contributed by atoms with E-state index in [4.69, 9.17) is 9.84 Å². The number of hydrogen-bond acceptors (Lipinski definition) is 3. The van der Waals surface area contributed by atoms with Crippen LogP contribution < -0.4 is 0 Å². The smallest absolute Gasteiger partial charge is 0.0659 e. The lowest BCUT2D eigenvalue weighted by Crippen LogP contribution is -2.33. The molecule has 3 nitrogen and oxygen atoms in total. The van der Waals surface area contributed by atoms with Gasteiger partial charge in [-0.05, 0) is 11.1 Å². The van der Waals surface area contributed by atoms with E-state index in [0.717, 1.165) is 39.1 Å². The fraction of sp³-hybridized carbons (Fsp3) is 0.316. The van der Waals surface area contributed by atoms with Gasteiger partial charge in [0, 0.05) is 18.6 Å². The second kappa shape index (κ2) is 7.76. The average molecular weight is 294 g/mol. The Bertz CT molecular complexity index is 546. The standard InChI is InChI=1S/C19H22N2O/c1-3-7-17(8-4-1)15-19(16-18-9-5-2-6-10-18)20-21-11-13-22-14-12-21/h1-10H,11-16H2. The molecule has 0 aromatic heterocycles. The molecule has 0 radical (unpaired) electrons. The van der Waals surface area contributed by atoms with Crippen molar-refractivity contribution >= 4 is 5.71 Å². The minimum absolute atomic E-state index is 0.771. The number of nitrogens with zero attached hydrogens (tertiary/aromatic N) is 2. The van der Waals surface area contributed by atoms with Crippen molar-refractivity contribution in [1.29, 1.82) is 0 Å². The zero-order valence-electron chi connectivity index (χ0n) is 12.8. The van der Waals surface area contributed by atoms with E-state index in [2.05, 4.69) is 65.7 Å². The number of hydrazone groups is 1. The average Bonchev–Trinajstić information content (AvgIpc) is 2.57. The Balaban J connectivity index is 1.76. The summed E-state index contributed by atoms with van der Waals surface area (Å²) >= 11 is 0. The molecule has 0 N–H and O–H groups in total. The minimum atomic E-state index is 0.771. The van der Waals surface area contributed by atoms with Crippen LogP contribution in [-0.2, 0) is 17.6 Å². The fourth-order valence-electron chi connectivity index (χ4n) is 2.65. The molecule has 0 bridgehead atoms. The van der Waals surface area contributed by atoms with Crippen molar-refractivity contribution in [1.82, 2.24) is 5.01 Å². The van der Waals surface area contributed by atoms with Crippen molar-refractivity contribution in [2.45, 2.75) is 12.8 Å². The summed E-state index contributed by atoms with van der Waals surface area (Å²) < 4.78 is 5.41. The highest BCUT2D eigenvalue weighted by Crippen LogP contribution is 2.09. The molecule has 1 aliphatic rings. The maximum atomic E-state index is 5.41. The number of hydrogen-bond donors (Lipinski definition) is 0. The van der Waals surface area contributed by atoms with Gasteiger partial charge in [0.05, 0.1) is 26.3 Å². The van der Waals surface area contributed by atoms with E-state index in [9.17, 15) is 0 Å². The van der Waals surface area contributed by atoms with Crippen molar-refractivity contribution < 1.29 is 4.74 Å². The van der Waals surface area contributed by atoms with Crippen LogP contribution in [0, 0.1) is 0 Å². The molecular weight excluding hydrogens is 272 g/mol. The Labute approximate surface area is 132 Å². The maximum Gasteiger partial charge on any atom is 0.0659 e. The second-order valence-electron chi connectivity index (χ2n) is 5.56. The van der Waals surface area contributed by atoms with Crippen LogP contribution in [0.15, 0.2) is 65.8 Å². The van der Waals surface area contributed by atoms with Gasteiger partial charge in [0.25, 0.3) is 0 Å². The molecule has 0 aliphatic carbocycles. The zero-order chi connectivity index (χ0) is 15.0. The summed E-state index contributed by atoms with van der Waals surface area (Å²) in [5, 5.41) is 7.04. The molecule has 1 heterocycles. The van der Waals surface area contributed by atoms with Gasteiger partial charge in [0.15, 0.2) is 0 Å². The highest BCUT2D eigenvalue weighted by molar-refractivity contribution is 5.88. The quantitative estimate of drug-likeness (QED) is 0.791. The predicted molar refractivity (Wildman–Crippen MR) is 90.1 cm³/mol. The summed E-state index contributed by atoms with van der Waals surface area (Å²) in [6.07, 6.45) is 1.79. The Hall–Kier alpha value is -2.13. The van der Waals surface area contributed by atoms with Gasteiger partial charge in [-0.2, -0.15) is 5.10 Å². The third-order valence-electron chi connectivity index (χ3n) is 3.77. The SMILES string of the molecule is c1ccc(CC(Cc2ccccc2)=NN2CCOCC2)cc1. The van der Waals surface area contributed by atoms with Crippen molar-refractivity contribution in [3.8, 4) is 0 Å². The number of benzene rings is 2. The summed E-state index contributed by atoms with van der Waals surface area (Å²) in [6.45, 7) is 3.31. The summed E-state index contributed by atoms with van der Waals surface area (Å²) in [7, 11) is 0. The summed E-state index contributed by atoms with van der Waals surface area (Å²) in [5.74, 6) is 0. The second-order valence-corrected chi connectivity index (χ2v) is 5.56. The molecule has 1 saturated heterocycles. The lowest BCUT2D eigenvalue weighted by Gasteiger charge is -2.25. The zero-order valence-corrected chi connectivity index (χ0v) is 12.8. The fourth-order valence-corrected chi connectivity index (χ4v) is 2.65. The van der Waals surface area contributed by atoms with Gasteiger partial charge >= 0.3 is 0 Å². The summed E-state index contributed by atoms with van der Waals surface area (Å²) in [6, 6.07) is 21.1. The Morgan fingerprint density at radius 1 is 0.818 bits per heavy atom. The minimum Gasteiger partial charge on any atom is -0.378 e. The first-order valence-corrected chi connectivity index (χ1v) is 7.87. The molecule has 114 valence electrons. The van der Waals surface area contributed by atoms with Gasteiger partial charge in [-0.3, -0.25) is 5.01 Å². The van der Waals surface area contributed by atoms with E-state index in [1.807, 2.05) is 0 Å². The van der Waals surface area contributed by atoms with Gasteiger partial charge in [-0.25, -0.2) is 0 Å². The highest BCUT2D eigenvalue weighted by atomic mass is 16.5. The molecule has 0 atom stereocenters. The molecule has 3 heteroatoms. The van der Waals surface area contributed by atoms with Crippen LogP contribution in [0.2, 0.25) is 0 Å². The first-order valence-electron chi connectivity index (χ1n) is 7.87. The maximum absolute atomic E-state index is 5.41. The lowest BCUT2D eigenvalue weighted by molar-refractivity contribution is 0.0392. The van der Waals surface area contributed by atoms with Crippen molar-refractivity contribution in [2.75, 3.05) is 26.3 Å². The molecule has 0 saturated carbocycles. The predicted octanol–water partition coefficient (Wildman–Crippen LogP) is 3.16. The summed E-state index contributed by atoms with van der Waals surface area (Å²) in [5.41, 5.74) is 3.83. The molecule has 2 aromatic rings. The Kier molecular flexibility index (Phi) is 5.22. The molecule has 0 unspecified atom stereocenters. The summed E-state index contributed by atoms with van der Waals surface area (Å²) in [4.78, 5) is 0. The largest absolute Gasteiger partial charge is 0.378 e. The van der Waals surface area contributed by atoms with Crippen LogP contribution in [0.1, 0.15) is 11.1 Å². The van der Waals surface area contributed by atoms with Gasteiger partial charge < -0.3 is 4.74 Å². The Morgan fingerprint density at radius 2 is 1.32 bits per heavy atom. The normalized spacial score (nSPS) is 14.6. The molecular formula is C19H22N2O. The van der Waals surface area contributed by atoms with Crippen molar-refractivity contribution in [3.63, 3.8) is 0 Å². The molecule has 1 aliphatic heterocycles. The van der Waals surface area contributed by atoms with Crippen LogP contribution in [0.4, 0.5) is 0 Å².